The van der Waals surface area contributed by atoms with Crippen molar-refractivity contribution in [3.8, 4) is 0 Å². The molecule has 1 aliphatic rings. The summed E-state index contributed by atoms with van der Waals surface area (Å²) in [5, 5.41) is 3.41. The van der Waals surface area contributed by atoms with E-state index in [1.165, 1.54) is 6.92 Å². The molecule has 142 valence electrons. The second-order valence-corrected chi connectivity index (χ2v) is 7.06. The Kier molecular flexibility index (Phi) is 4.27. The van der Waals surface area contributed by atoms with Gasteiger partial charge < -0.3 is 5.32 Å². The number of halogens is 3. The van der Waals surface area contributed by atoms with Gasteiger partial charge in [-0.3, -0.25) is 9.69 Å². The van der Waals surface area contributed by atoms with E-state index in [-0.39, 0.29) is 17.3 Å². The van der Waals surface area contributed by atoms with Gasteiger partial charge >= 0.3 is 6.03 Å². The number of nitrogens with zero attached hydrogens (tertiary/aromatic N) is 2. The van der Waals surface area contributed by atoms with Gasteiger partial charge in [-0.2, -0.15) is 0 Å². The molecule has 0 spiro atoms. The lowest BCUT2D eigenvalue weighted by Gasteiger charge is -2.23. The molecular weight excluding hydrogens is 388 g/mol. The lowest BCUT2D eigenvalue weighted by atomic mass is 9.91. The number of pyridine rings is 1. The third-order valence-electron chi connectivity index (χ3n) is 4.82. The molecule has 3 aromatic rings. The molecule has 1 fully saturated rings. The molecule has 1 aromatic heterocycles. The molecule has 2 heterocycles. The van der Waals surface area contributed by atoms with Crippen LogP contribution in [-0.2, 0) is 16.9 Å². The number of amides is 3. The Hall–Kier alpha value is -3.06. The Morgan fingerprint density at radius 2 is 1.89 bits per heavy atom. The van der Waals surface area contributed by atoms with Crippen molar-refractivity contribution < 1.29 is 18.4 Å². The normalized spacial score (nSPS) is 19.4. The first kappa shape index (κ1) is 18.3. The van der Waals surface area contributed by atoms with E-state index < -0.39 is 29.1 Å². The molecular formula is C20H14ClF2N3O2. The monoisotopic (exact) mass is 401 g/mol. The highest BCUT2D eigenvalue weighted by Crippen LogP contribution is 2.33. The van der Waals surface area contributed by atoms with Gasteiger partial charge in [0.25, 0.3) is 5.91 Å². The maximum atomic E-state index is 14.2. The molecule has 1 atom stereocenters. The zero-order valence-corrected chi connectivity index (χ0v) is 15.4. The quantitative estimate of drug-likeness (QED) is 0.530. The summed E-state index contributed by atoms with van der Waals surface area (Å²) in [4.78, 5) is 30.6. The fourth-order valence-corrected chi connectivity index (χ4v) is 3.53. The zero-order valence-electron chi connectivity index (χ0n) is 14.7. The Bertz CT molecular complexity index is 1140. The molecule has 1 aliphatic heterocycles. The summed E-state index contributed by atoms with van der Waals surface area (Å²) in [6, 6.07) is 11.1. The van der Waals surface area contributed by atoms with E-state index in [0.29, 0.717) is 11.1 Å². The van der Waals surface area contributed by atoms with Crippen LogP contribution in [0.5, 0.6) is 0 Å². The number of benzene rings is 2. The van der Waals surface area contributed by atoms with Crippen LogP contribution in [0.1, 0.15) is 18.1 Å². The van der Waals surface area contributed by atoms with Crippen LogP contribution in [0.4, 0.5) is 13.6 Å². The number of hydrogen-bond donors (Lipinski definition) is 1. The Morgan fingerprint density at radius 1 is 1.14 bits per heavy atom. The molecule has 0 radical (unpaired) electrons. The lowest BCUT2D eigenvalue weighted by molar-refractivity contribution is -0.131. The summed E-state index contributed by atoms with van der Waals surface area (Å²) in [6.45, 7) is 1.19. The lowest BCUT2D eigenvalue weighted by Crippen LogP contribution is -2.41. The number of para-hydroxylation sites is 1. The smallest absolute Gasteiger partial charge is 0.319 e. The molecule has 0 bridgehead atoms. The minimum absolute atomic E-state index is 0.145. The van der Waals surface area contributed by atoms with E-state index >= 15 is 0 Å². The number of hydrogen-bond acceptors (Lipinski definition) is 3. The van der Waals surface area contributed by atoms with Crippen LogP contribution in [0.15, 0.2) is 48.5 Å². The topological polar surface area (TPSA) is 62.3 Å². The number of nitrogens with one attached hydrogen (secondary N) is 1. The molecule has 4 rings (SSSR count). The van der Waals surface area contributed by atoms with Crippen LogP contribution in [0.2, 0.25) is 5.15 Å². The van der Waals surface area contributed by atoms with Crippen LogP contribution in [0, 0.1) is 11.6 Å². The van der Waals surface area contributed by atoms with E-state index in [4.69, 9.17) is 11.6 Å². The van der Waals surface area contributed by atoms with Gasteiger partial charge in [-0.05, 0) is 37.3 Å². The van der Waals surface area contributed by atoms with Gasteiger partial charge in [0, 0.05) is 16.5 Å². The molecule has 2 aromatic carbocycles. The van der Waals surface area contributed by atoms with Crippen molar-refractivity contribution >= 4 is 34.4 Å². The minimum Gasteiger partial charge on any atom is -0.319 e. The molecule has 0 unspecified atom stereocenters. The highest BCUT2D eigenvalue weighted by molar-refractivity contribution is 6.30. The fourth-order valence-electron chi connectivity index (χ4n) is 3.32. The van der Waals surface area contributed by atoms with Crippen molar-refractivity contribution in [1.29, 1.82) is 0 Å². The SMILES string of the molecule is C[C@@]1(c2cc(F)ccc2F)NC(=O)N(Cc2cc3ccccc3nc2Cl)C1=O. The van der Waals surface area contributed by atoms with Crippen LogP contribution in [0.25, 0.3) is 10.9 Å². The molecule has 1 saturated heterocycles. The number of aromatic nitrogens is 1. The number of carbonyl (C=O) groups excluding carboxylic acids is 2. The average Bonchev–Trinajstić information content (AvgIpc) is 2.88. The van der Waals surface area contributed by atoms with Crippen molar-refractivity contribution in [2.75, 3.05) is 0 Å². The van der Waals surface area contributed by atoms with Gasteiger partial charge in [-0.25, -0.2) is 18.6 Å². The summed E-state index contributed by atoms with van der Waals surface area (Å²) < 4.78 is 27.8. The van der Waals surface area contributed by atoms with Crippen LogP contribution in [-0.4, -0.2) is 21.8 Å². The first-order valence-electron chi connectivity index (χ1n) is 8.43. The Labute approximate surface area is 163 Å². The predicted molar refractivity (Wildman–Crippen MR) is 99.5 cm³/mol. The van der Waals surface area contributed by atoms with E-state index in [2.05, 4.69) is 10.3 Å². The number of carbonyl (C=O) groups is 2. The predicted octanol–water partition coefficient (Wildman–Crippen LogP) is 4.13. The maximum absolute atomic E-state index is 14.2. The molecule has 0 aliphatic carbocycles. The third kappa shape index (κ3) is 2.88. The van der Waals surface area contributed by atoms with Crippen molar-refractivity contribution in [3.05, 3.63) is 76.4 Å². The van der Waals surface area contributed by atoms with Crippen molar-refractivity contribution in [2.24, 2.45) is 0 Å². The molecule has 1 N–H and O–H groups in total. The van der Waals surface area contributed by atoms with E-state index in [0.717, 1.165) is 28.5 Å². The molecule has 0 saturated carbocycles. The molecule has 3 amide bonds. The number of rotatable bonds is 3. The molecule has 28 heavy (non-hydrogen) atoms. The summed E-state index contributed by atoms with van der Waals surface area (Å²) in [7, 11) is 0. The second-order valence-electron chi connectivity index (χ2n) is 6.70. The van der Waals surface area contributed by atoms with E-state index in [1.807, 2.05) is 18.2 Å². The first-order chi connectivity index (χ1) is 13.3. The largest absolute Gasteiger partial charge is 0.325 e. The third-order valence-corrected chi connectivity index (χ3v) is 5.15. The van der Waals surface area contributed by atoms with E-state index in [9.17, 15) is 18.4 Å². The van der Waals surface area contributed by atoms with Gasteiger partial charge in [0.05, 0.1) is 12.1 Å². The number of fused-ring (bicyclic) bond motifs is 1. The summed E-state index contributed by atoms with van der Waals surface area (Å²) in [5.41, 5.74) is -0.816. The van der Waals surface area contributed by atoms with Gasteiger partial charge in [-0.1, -0.05) is 29.8 Å². The van der Waals surface area contributed by atoms with Gasteiger partial charge in [0.2, 0.25) is 0 Å². The summed E-state index contributed by atoms with van der Waals surface area (Å²) in [5.74, 6) is -2.20. The van der Waals surface area contributed by atoms with Crippen molar-refractivity contribution in [3.63, 3.8) is 0 Å². The fraction of sp³-hybridized carbons (Fsp3) is 0.150. The maximum Gasteiger partial charge on any atom is 0.325 e. The molecule has 8 heteroatoms. The highest BCUT2D eigenvalue weighted by atomic mass is 35.5. The van der Waals surface area contributed by atoms with Crippen LogP contribution < -0.4 is 5.32 Å². The van der Waals surface area contributed by atoms with Crippen molar-refractivity contribution in [1.82, 2.24) is 15.2 Å². The second kappa shape index (κ2) is 6.53. The van der Waals surface area contributed by atoms with Crippen molar-refractivity contribution in [2.45, 2.75) is 19.0 Å². The zero-order chi connectivity index (χ0) is 20.1. The van der Waals surface area contributed by atoms with Crippen LogP contribution in [0.3, 0.4) is 0 Å². The average molecular weight is 402 g/mol. The number of urea groups is 1. The molecule has 5 nitrogen and oxygen atoms in total. The highest BCUT2D eigenvalue weighted by Gasteiger charge is 2.50. The van der Waals surface area contributed by atoms with Gasteiger partial charge in [0.15, 0.2) is 0 Å². The minimum atomic E-state index is -1.72. The standard InChI is InChI=1S/C20H14ClF2N3O2/c1-20(14-9-13(22)6-7-15(14)23)18(27)26(19(28)25-20)10-12-8-11-4-2-3-5-16(11)24-17(12)21/h2-9H,10H2,1H3,(H,25,28)/t20-/m0/s1. The van der Waals surface area contributed by atoms with Crippen LogP contribution >= 0.6 is 11.6 Å². The first-order valence-corrected chi connectivity index (χ1v) is 8.81. The Balaban J connectivity index is 1.70. The van der Waals surface area contributed by atoms with E-state index in [1.54, 1.807) is 12.1 Å². The number of imide groups is 1. The van der Waals surface area contributed by atoms with Gasteiger partial charge in [-0.15, -0.1) is 0 Å². The van der Waals surface area contributed by atoms with Gasteiger partial charge in [0.1, 0.15) is 22.3 Å². The summed E-state index contributed by atoms with van der Waals surface area (Å²) in [6.07, 6.45) is 0. The summed E-state index contributed by atoms with van der Waals surface area (Å²) >= 11 is 6.22. The Morgan fingerprint density at radius 3 is 2.68 bits per heavy atom.